The number of nitrogens with zero attached hydrogens (tertiary/aromatic N) is 4. The average molecular weight is 409 g/mol. The molecule has 0 radical (unpaired) electrons. The van der Waals surface area contributed by atoms with Crippen molar-refractivity contribution in [3.05, 3.63) is 47.3 Å². The quantitative estimate of drug-likeness (QED) is 0.832. The average Bonchev–Trinajstić information content (AvgIpc) is 3.51. The number of carbonyl (C=O) groups is 1. The molecule has 1 aromatic carbocycles. The number of likely N-dealkylation sites (tertiary alicyclic amines) is 1. The first-order valence-electron chi connectivity index (χ1n) is 11.6. The van der Waals surface area contributed by atoms with Gasteiger partial charge in [0, 0.05) is 31.0 Å². The fourth-order valence-corrected chi connectivity index (χ4v) is 5.17. The van der Waals surface area contributed by atoms with Crippen molar-refractivity contribution >= 4 is 5.91 Å². The predicted molar refractivity (Wildman–Crippen MR) is 114 cm³/mol. The third-order valence-electron chi connectivity index (χ3n) is 7.23. The number of aliphatic hydroxyl groups is 1. The number of hydrogen-bond acceptors (Lipinski definition) is 4. The molecule has 30 heavy (non-hydrogen) atoms. The summed E-state index contributed by atoms with van der Waals surface area (Å²) >= 11 is 0. The summed E-state index contributed by atoms with van der Waals surface area (Å²) in [6.07, 6.45) is 9.79. The van der Waals surface area contributed by atoms with E-state index in [1.165, 1.54) is 24.8 Å². The van der Waals surface area contributed by atoms with Gasteiger partial charge in [0.1, 0.15) is 0 Å². The summed E-state index contributed by atoms with van der Waals surface area (Å²) in [4.78, 5) is 15.6. The van der Waals surface area contributed by atoms with Crippen LogP contribution in [-0.2, 0) is 4.79 Å². The number of piperidine rings is 1. The summed E-state index contributed by atoms with van der Waals surface area (Å²) in [6.45, 7) is 2.56. The summed E-state index contributed by atoms with van der Waals surface area (Å²) in [7, 11) is 0. The van der Waals surface area contributed by atoms with Gasteiger partial charge in [0.25, 0.3) is 0 Å². The highest BCUT2D eigenvalue weighted by molar-refractivity contribution is 5.79. The molecule has 1 saturated heterocycles. The Labute approximate surface area is 178 Å². The highest BCUT2D eigenvalue weighted by atomic mass is 16.3. The zero-order valence-electron chi connectivity index (χ0n) is 17.8. The first kappa shape index (κ1) is 19.7. The lowest BCUT2D eigenvalue weighted by molar-refractivity contribution is -0.144. The molecule has 2 aliphatic carbocycles. The van der Waals surface area contributed by atoms with E-state index in [0.717, 1.165) is 36.9 Å². The van der Waals surface area contributed by atoms with Gasteiger partial charge in [-0.05, 0) is 38.2 Å². The number of amides is 1. The van der Waals surface area contributed by atoms with Gasteiger partial charge in [-0.3, -0.25) is 4.79 Å². The van der Waals surface area contributed by atoms with Crippen LogP contribution in [0.2, 0.25) is 0 Å². The topological polar surface area (TPSA) is 71.2 Å². The second-order valence-electron chi connectivity index (χ2n) is 9.52. The minimum absolute atomic E-state index is 0.0855. The van der Waals surface area contributed by atoms with Crippen LogP contribution in [0.25, 0.3) is 0 Å². The third-order valence-corrected chi connectivity index (χ3v) is 7.23. The standard InChI is InChI=1S/C24H32N4O2/c1-16-7-9-18(10-8-16)21-13-23(29)22(28-14-20(25-26-28)17-11-12-17)15-27(21)24(30)19-5-3-2-4-6-19/h7-10,14,17,19,21-23,29H,2-6,11-13,15H2,1H3. The first-order chi connectivity index (χ1) is 14.6. The number of aryl methyl sites for hydroxylation is 1. The predicted octanol–water partition coefficient (Wildman–Crippen LogP) is 3.92. The van der Waals surface area contributed by atoms with Gasteiger partial charge >= 0.3 is 0 Å². The molecule has 2 saturated carbocycles. The number of hydrogen-bond donors (Lipinski definition) is 1. The van der Waals surface area contributed by atoms with Crippen LogP contribution in [0, 0.1) is 12.8 Å². The molecule has 5 rings (SSSR count). The van der Waals surface area contributed by atoms with Crippen molar-refractivity contribution < 1.29 is 9.90 Å². The maximum atomic E-state index is 13.6. The second-order valence-corrected chi connectivity index (χ2v) is 9.52. The molecule has 3 fully saturated rings. The number of carbonyl (C=O) groups excluding carboxylic acids is 1. The van der Waals surface area contributed by atoms with Gasteiger partial charge in [-0.1, -0.05) is 54.3 Å². The fraction of sp³-hybridized carbons (Fsp3) is 0.625. The van der Waals surface area contributed by atoms with Gasteiger partial charge in [0.2, 0.25) is 5.91 Å². The maximum absolute atomic E-state index is 13.6. The van der Waals surface area contributed by atoms with E-state index in [0.29, 0.717) is 18.9 Å². The molecule has 0 bridgehead atoms. The summed E-state index contributed by atoms with van der Waals surface area (Å²) in [6, 6.07) is 8.08. The lowest BCUT2D eigenvalue weighted by Crippen LogP contribution is -2.50. The van der Waals surface area contributed by atoms with Crippen molar-refractivity contribution in [1.82, 2.24) is 19.9 Å². The van der Waals surface area contributed by atoms with Crippen LogP contribution in [0.4, 0.5) is 0 Å². The molecule has 6 heteroatoms. The van der Waals surface area contributed by atoms with Gasteiger partial charge in [-0.2, -0.15) is 0 Å². The molecular weight excluding hydrogens is 376 g/mol. The maximum Gasteiger partial charge on any atom is 0.226 e. The molecule has 3 unspecified atom stereocenters. The molecule has 0 spiro atoms. The summed E-state index contributed by atoms with van der Waals surface area (Å²) < 4.78 is 1.81. The van der Waals surface area contributed by atoms with Crippen LogP contribution in [0.3, 0.4) is 0 Å². The van der Waals surface area contributed by atoms with Gasteiger partial charge in [0.05, 0.1) is 23.9 Å². The Bertz CT molecular complexity index is 883. The molecule has 6 nitrogen and oxygen atoms in total. The summed E-state index contributed by atoms with van der Waals surface area (Å²) in [5, 5.41) is 19.7. The van der Waals surface area contributed by atoms with E-state index in [1.807, 2.05) is 15.8 Å². The Balaban J connectivity index is 1.43. The fourth-order valence-electron chi connectivity index (χ4n) is 5.17. The smallest absolute Gasteiger partial charge is 0.226 e. The Morgan fingerprint density at radius 3 is 2.50 bits per heavy atom. The highest BCUT2D eigenvalue weighted by Gasteiger charge is 2.41. The Morgan fingerprint density at radius 2 is 1.80 bits per heavy atom. The van der Waals surface area contributed by atoms with Crippen molar-refractivity contribution in [3.63, 3.8) is 0 Å². The third kappa shape index (κ3) is 3.89. The lowest BCUT2D eigenvalue weighted by Gasteiger charge is -2.44. The van der Waals surface area contributed by atoms with E-state index in [2.05, 4.69) is 41.5 Å². The van der Waals surface area contributed by atoms with Crippen LogP contribution >= 0.6 is 0 Å². The SMILES string of the molecule is Cc1ccc(C2CC(O)C(n3cc(C4CC4)nn3)CN2C(=O)C2CCCCC2)cc1. The van der Waals surface area contributed by atoms with Crippen molar-refractivity contribution in [2.75, 3.05) is 6.54 Å². The van der Waals surface area contributed by atoms with Gasteiger partial charge in [-0.25, -0.2) is 4.68 Å². The molecule has 1 aromatic heterocycles. The normalized spacial score (nSPS) is 27.9. The van der Waals surface area contributed by atoms with E-state index in [9.17, 15) is 9.90 Å². The molecule has 3 aliphatic rings. The minimum Gasteiger partial charge on any atom is -0.391 e. The Hall–Kier alpha value is -2.21. The van der Waals surface area contributed by atoms with Crippen molar-refractivity contribution in [1.29, 1.82) is 0 Å². The largest absolute Gasteiger partial charge is 0.391 e. The van der Waals surface area contributed by atoms with Gasteiger partial charge in [0.15, 0.2) is 0 Å². The zero-order valence-corrected chi connectivity index (χ0v) is 17.8. The minimum atomic E-state index is -0.555. The van der Waals surface area contributed by atoms with E-state index >= 15 is 0 Å². The monoisotopic (exact) mass is 408 g/mol. The van der Waals surface area contributed by atoms with E-state index < -0.39 is 6.10 Å². The van der Waals surface area contributed by atoms with Gasteiger partial charge in [-0.15, -0.1) is 5.10 Å². The summed E-state index contributed by atoms with van der Waals surface area (Å²) in [5.41, 5.74) is 3.33. The number of rotatable bonds is 4. The number of aliphatic hydroxyl groups excluding tert-OH is 1. The second kappa shape index (κ2) is 8.14. The van der Waals surface area contributed by atoms with Crippen LogP contribution in [0.5, 0.6) is 0 Å². The molecule has 1 aliphatic heterocycles. The van der Waals surface area contributed by atoms with E-state index in [1.54, 1.807) is 0 Å². The molecule has 2 aromatic rings. The Kier molecular flexibility index (Phi) is 5.35. The molecule has 1 N–H and O–H groups in total. The molecule has 3 atom stereocenters. The van der Waals surface area contributed by atoms with Crippen LogP contribution in [-0.4, -0.2) is 43.6 Å². The van der Waals surface area contributed by atoms with Gasteiger partial charge < -0.3 is 10.0 Å². The van der Waals surface area contributed by atoms with Crippen molar-refractivity contribution in [3.8, 4) is 0 Å². The highest BCUT2D eigenvalue weighted by Crippen LogP contribution is 2.41. The lowest BCUT2D eigenvalue weighted by atomic mass is 9.85. The zero-order chi connectivity index (χ0) is 20.7. The van der Waals surface area contributed by atoms with Crippen LogP contribution < -0.4 is 0 Å². The Morgan fingerprint density at radius 1 is 1.07 bits per heavy atom. The van der Waals surface area contributed by atoms with E-state index in [4.69, 9.17) is 0 Å². The molecule has 1 amide bonds. The molecular formula is C24H32N4O2. The first-order valence-corrected chi connectivity index (χ1v) is 11.6. The molecule has 2 heterocycles. The van der Waals surface area contributed by atoms with Crippen LogP contribution in [0.15, 0.2) is 30.5 Å². The van der Waals surface area contributed by atoms with Crippen molar-refractivity contribution in [2.24, 2.45) is 5.92 Å². The number of benzene rings is 1. The molecule has 160 valence electrons. The summed E-state index contributed by atoms with van der Waals surface area (Å²) in [5.74, 6) is 0.889. The van der Waals surface area contributed by atoms with Crippen molar-refractivity contribution in [2.45, 2.75) is 82.4 Å². The van der Waals surface area contributed by atoms with E-state index in [-0.39, 0.29) is 23.9 Å². The van der Waals surface area contributed by atoms with Crippen LogP contribution in [0.1, 0.15) is 86.2 Å². The number of aromatic nitrogens is 3.